The van der Waals surface area contributed by atoms with E-state index in [0.29, 0.717) is 0 Å². The van der Waals surface area contributed by atoms with Crippen LogP contribution in [0, 0.1) is 0 Å². The molecule has 1 aromatic heterocycles. The quantitative estimate of drug-likeness (QED) is 0.156. The maximum Gasteiger partial charge on any atom is 0.114 e. The molecule has 3 nitrogen and oxygen atoms in total. The molecule has 0 unspecified atom stereocenters. The molecule has 64 heavy (non-hydrogen) atoms. The molecule has 0 atom stereocenters. The minimum atomic E-state index is 0.839. The Hall–Kier alpha value is -8.27. The second kappa shape index (κ2) is 14.4. The Bertz CT molecular complexity index is 3820. The average Bonchev–Trinajstić information content (AvgIpc) is 3.75. The second-order valence-electron chi connectivity index (χ2n) is 17.0. The monoisotopic (exact) mass is 815 g/mol. The summed E-state index contributed by atoms with van der Waals surface area (Å²) in [7, 11) is 0. The first-order valence-electron chi connectivity index (χ1n) is 22.3. The van der Waals surface area contributed by atoms with Crippen LogP contribution in [0.15, 0.2) is 218 Å². The number of nitrogens with zero attached hydrogens (tertiary/aromatic N) is 3. The molecule has 11 aromatic carbocycles. The third kappa shape index (κ3) is 5.64. The van der Waals surface area contributed by atoms with Crippen LogP contribution in [-0.4, -0.2) is 9.55 Å². The molecule has 0 N–H and O–H groups in total. The summed E-state index contributed by atoms with van der Waals surface area (Å²) >= 11 is 0. The Balaban J connectivity index is 0.968. The molecule has 0 fully saturated rings. The van der Waals surface area contributed by atoms with Gasteiger partial charge in [-0.1, -0.05) is 171 Å². The molecule has 2 heterocycles. The van der Waals surface area contributed by atoms with Crippen molar-refractivity contribution in [2.24, 2.45) is 0 Å². The molecule has 0 spiro atoms. The van der Waals surface area contributed by atoms with Crippen molar-refractivity contribution in [1.29, 1.82) is 0 Å². The van der Waals surface area contributed by atoms with E-state index >= 15 is 0 Å². The van der Waals surface area contributed by atoms with Crippen LogP contribution in [0.25, 0.3) is 104 Å². The molecule has 300 valence electrons. The van der Waals surface area contributed by atoms with Crippen molar-refractivity contribution >= 4 is 71.2 Å². The maximum atomic E-state index is 5.13. The number of rotatable bonds is 6. The van der Waals surface area contributed by atoms with Crippen LogP contribution in [0.2, 0.25) is 0 Å². The van der Waals surface area contributed by atoms with Crippen molar-refractivity contribution in [3.8, 4) is 50.2 Å². The Morgan fingerprint density at radius 3 is 1.55 bits per heavy atom. The van der Waals surface area contributed by atoms with Gasteiger partial charge in [-0.15, -0.1) is 0 Å². The van der Waals surface area contributed by atoms with Gasteiger partial charge in [0.2, 0.25) is 0 Å². The van der Waals surface area contributed by atoms with E-state index in [1.54, 1.807) is 0 Å². The van der Waals surface area contributed by atoms with E-state index in [2.05, 4.69) is 235 Å². The van der Waals surface area contributed by atoms with E-state index in [4.69, 9.17) is 4.98 Å². The van der Waals surface area contributed by atoms with Crippen LogP contribution in [0.5, 0.6) is 0 Å². The smallest absolute Gasteiger partial charge is 0.114 e. The summed E-state index contributed by atoms with van der Waals surface area (Å²) < 4.78 is 2.38. The van der Waals surface area contributed by atoms with Gasteiger partial charge in [0, 0.05) is 12.1 Å². The SMILES string of the molecule is CCc1nc2cccc3c2n1-c1cc(-c2ccc(-c4ccc5c(-c6ccc7ccccc7c6)c6ccccc6c(-c6ccc7ccccc7c6)c5c4)cc2)ccc1N3c1ccccc1. The Kier molecular flexibility index (Phi) is 8.19. The van der Waals surface area contributed by atoms with Gasteiger partial charge in [0.15, 0.2) is 0 Å². The van der Waals surface area contributed by atoms with Crippen molar-refractivity contribution < 1.29 is 0 Å². The number of para-hydroxylation sites is 2. The predicted octanol–water partition coefficient (Wildman–Crippen LogP) is 16.7. The first kappa shape index (κ1) is 36.4. The lowest BCUT2D eigenvalue weighted by atomic mass is 9.84. The average molecular weight is 816 g/mol. The lowest BCUT2D eigenvalue weighted by Gasteiger charge is -2.33. The Labute approximate surface area is 371 Å². The first-order chi connectivity index (χ1) is 31.7. The van der Waals surface area contributed by atoms with E-state index in [-0.39, 0.29) is 0 Å². The molecular formula is C61H41N3. The highest BCUT2D eigenvalue weighted by Crippen LogP contribution is 2.49. The number of hydrogen-bond donors (Lipinski definition) is 0. The first-order valence-corrected chi connectivity index (χ1v) is 22.3. The fourth-order valence-electron chi connectivity index (χ4n) is 10.4. The van der Waals surface area contributed by atoms with Crippen LogP contribution >= 0.6 is 0 Å². The summed E-state index contributed by atoms with van der Waals surface area (Å²) in [5, 5.41) is 9.98. The van der Waals surface area contributed by atoms with Crippen LogP contribution in [0.4, 0.5) is 17.1 Å². The highest BCUT2D eigenvalue weighted by atomic mass is 15.2. The van der Waals surface area contributed by atoms with Gasteiger partial charge in [0.25, 0.3) is 0 Å². The van der Waals surface area contributed by atoms with Gasteiger partial charge in [0.05, 0.1) is 28.1 Å². The van der Waals surface area contributed by atoms with Crippen LogP contribution in [-0.2, 0) is 6.42 Å². The van der Waals surface area contributed by atoms with Crippen molar-refractivity contribution in [2.75, 3.05) is 4.90 Å². The fourth-order valence-corrected chi connectivity index (χ4v) is 10.4. The van der Waals surface area contributed by atoms with Gasteiger partial charge in [0.1, 0.15) is 5.82 Å². The van der Waals surface area contributed by atoms with E-state index in [1.165, 1.54) is 87.6 Å². The molecule has 0 saturated heterocycles. The standard InChI is InChI=1S/C61H41N3/c1-2-58-62-54-21-12-22-56-61(54)64(58)57-38-46(32-34-55(57)63(56)49-17-4-3-5-18-49)42-25-23-41(24-26-42)45-31-33-52-53(37-45)60(48-30-28-40-14-7-9-16-44(40)36-48)51-20-11-10-19-50(51)59(52)47-29-27-39-13-6-8-15-43(39)35-47/h3-38H,2H2,1H3. The highest BCUT2D eigenvalue weighted by molar-refractivity contribution is 6.22. The van der Waals surface area contributed by atoms with Crippen molar-refractivity contribution in [1.82, 2.24) is 9.55 Å². The third-order valence-corrected chi connectivity index (χ3v) is 13.4. The predicted molar refractivity (Wildman–Crippen MR) is 270 cm³/mol. The molecular weight excluding hydrogens is 775 g/mol. The highest BCUT2D eigenvalue weighted by Gasteiger charge is 2.29. The molecule has 0 aliphatic carbocycles. The number of aryl methyl sites for hydroxylation is 1. The van der Waals surface area contributed by atoms with E-state index < -0.39 is 0 Å². The van der Waals surface area contributed by atoms with Crippen molar-refractivity contribution in [3.05, 3.63) is 224 Å². The summed E-state index contributed by atoms with van der Waals surface area (Å²) in [5.41, 5.74) is 16.4. The van der Waals surface area contributed by atoms with Gasteiger partial charge < -0.3 is 4.90 Å². The summed E-state index contributed by atoms with van der Waals surface area (Å²) in [6, 6.07) is 80.4. The van der Waals surface area contributed by atoms with Crippen molar-refractivity contribution in [2.45, 2.75) is 13.3 Å². The zero-order valence-electron chi connectivity index (χ0n) is 35.3. The minimum absolute atomic E-state index is 0.839. The van der Waals surface area contributed by atoms with Gasteiger partial charge in [-0.3, -0.25) is 4.57 Å². The number of aromatic nitrogens is 2. The number of fused-ring (bicyclic) bond motifs is 6. The molecule has 0 amide bonds. The fraction of sp³-hybridized carbons (Fsp3) is 0.0328. The summed E-state index contributed by atoms with van der Waals surface area (Å²) in [5.74, 6) is 1.07. The normalized spacial score (nSPS) is 12.2. The topological polar surface area (TPSA) is 21.1 Å². The number of benzene rings is 11. The van der Waals surface area contributed by atoms with Crippen molar-refractivity contribution in [3.63, 3.8) is 0 Å². The van der Waals surface area contributed by atoms with Gasteiger partial charge in [-0.05, 0) is 142 Å². The molecule has 0 radical (unpaired) electrons. The summed E-state index contributed by atoms with van der Waals surface area (Å²) in [6.07, 6.45) is 0.839. The maximum absolute atomic E-state index is 5.13. The Morgan fingerprint density at radius 2 is 0.891 bits per heavy atom. The van der Waals surface area contributed by atoms with Crippen LogP contribution < -0.4 is 4.90 Å². The molecule has 0 saturated carbocycles. The lowest BCUT2D eigenvalue weighted by molar-refractivity contribution is 0.900. The largest absolute Gasteiger partial charge is 0.306 e. The van der Waals surface area contributed by atoms with E-state index in [1.807, 2.05) is 0 Å². The van der Waals surface area contributed by atoms with E-state index in [9.17, 15) is 0 Å². The molecule has 12 aromatic rings. The Morgan fingerprint density at radius 1 is 0.359 bits per heavy atom. The third-order valence-electron chi connectivity index (χ3n) is 13.4. The molecule has 0 bridgehead atoms. The zero-order valence-corrected chi connectivity index (χ0v) is 35.3. The zero-order chi connectivity index (χ0) is 42.3. The molecule has 13 rings (SSSR count). The summed E-state index contributed by atoms with van der Waals surface area (Å²) in [4.78, 5) is 7.51. The summed E-state index contributed by atoms with van der Waals surface area (Å²) in [6.45, 7) is 2.19. The van der Waals surface area contributed by atoms with Gasteiger partial charge in [-0.2, -0.15) is 0 Å². The molecule has 1 aliphatic heterocycles. The number of anilines is 3. The van der Waals surface area contributed by atoms with Gasteiger partial charge >= 0.3 is 0 Å². The van der Waals surface area contributed by atoms with E-state index in [0.717, 1.165) is 46.0 Å². The van der Waals surface area contributed by atoms with Crippen LogP contribution in [0.3, 0.4) is 0 Å². The number of imidazole rings is 1. The molecule has 3 heteroatoms. The lowest BCUT2D eigenvalue weighted by Crippen LogP contribution is -2.19. The second-order valence-corrected chi connectivity index (χ2v) is 17.0. The molecule has 1 aliphatic rings. The minimum Gasteiger partial charge on any atom is -0.306 e. The van der Waals surface area contributed by atoms with Crippen LogP contribution in [0.1, 0.15) is 12.7 Å². The van der Waals surface area contributed by atoms with Gasteiger partial charge in [-0.25, -0.2) is 4.98 Å². The number of hydrogen-bond acceptors (Lipinski definition) is 2.